The number of halogens is 1. The monoisotopic (exact) mass is 467 g/mol. The topological polar surface area (TPSA) is 48.0 Å². The Morgan fingerprint density at radius 1 is 1.03 bits per heavy atom. The van der Waals surface area contributed by atoms with E-state index in [4.69, 9.17) is 14.2 Å². The molecule has 3 heterocycles. The first-order valence-electron chi connectivity index (χ1n) is 12.4. The van der Waals surface area contributed by atoms with E-state index in [0.717, 1.165) is 24.8 Å². The van der Waals surface area contributed by atoms with Gasteiger partial charge in [0.2, 0.25) is 5.91 Å². The Kier molecular flexibility index (Phi) is 6.38. The van der Waals surface area contributed by atoms with E-state index in [9.17, 15) is 9.18 Å². The molecular weight excluding hydrogens is 433 g/mol. The van der Waals surface area contributed by atoms with Crippen LogP contribution in [0.2, 0.25) is 0 Å². The molecule has 5 rings (SSSR count). The number of carbonyl (C=O) groups is 1. The van der Waals surface area contributed by atoms with E-state index < -0.39 is 5.41 Å². The van der Waals surface area contributed by atoms with Gasteiger partial charge < -0.3 is 19.1 Å². The molecule has 0 unspecified atom stereocenters. The highest BCUT2D eigenvalue weighted by Gasteiger charge is 2.49. The summed E-state index contributed by atoms with van der Waals surface area (Å²) < 4.78 is 31.8. The summed E-state index contributed by atoms with van der Waals surface area (Å²) in [5.41, 5.74) is 2.68. The Labute approximate surface area is 201 Å². The second-order valence-corrected chi connectivity index (χ2v) is 10.2. The Bertz CT molecular complexity index is 1020. The van der Waals surface area contributed by atoms with E-state index in [-0.39, 0.29) is 29.2 Å². The van der Waals surface area contributed by atoms with Crippen LogP contribution in [0.5, 0.6) is 5.75 Å². The van der Waals surface area contributed by atoms with Crippen LogP contribution in [0, 0.1) is 19.7 Å². The molecule has 1 spiro atoms. The van der Waals surface area contributed by atoms with Crippen LogP contribution in [0.15, 0.2) is 42.5 Å². The fourth-order valence-electron chi connectivity index (χ4n) is 5.96. The maximum Gasteiger partial charge on any atom is 0.233 e. The summed E-state index contributed by atoms with van der Waals surface area (Å²) in [7, 11) is 0. The van der Waals surface area contributed by atoms with E-state index in [1.54, 1.807) is 18.2 Å². The zero-order valence-electron chi connectivity index (χ0n) is 20.1. The van der Waals surface area contributed by atoms with Crippen LogP contribution in [0.1, 0.15) is 48.8 Å². The highest BCUT2D eigenvalue weighted by Crippen LogP contribution is 2.42. The van der Waals surface area contributed by atoms with Crippen molar-refractivity contribution in [3.63, 3.8) is 0 Å². The lowest BCUT2D eigenvalue weighted by Gasteiger charge is -2.44. The van der Waals surface area contributed by atoms with Crippen LogP contribution in [0.4, 0.5) is 4.39 Å². The Morgan fingerprint density at radius 2 is 1.71 bits per heavy atom. The number of nitrogens with zero attached hydrogens (tertiary/aromatic N) is 1. The summed E-state index contributed by atoms with van der Waals surface area (Å²) in [5.74, 6) is 0.139. The second kappa shape index (κ2) is 9.31. The van der Waals surface area contributed by atoms with Gasteiger partial charge in [0.1, 0.15) is 6.10 Å². The quantitative estimate of drug-likeness (QED) is 0.653. The maximum absolute atomic E-state index is 14.0. The highest BCUT2D eigenvalue weighted by molar-refractivity contribution is 5.88. The van der Waals surface area contributed by atoms with Crippen molar-refractivity contribution in [2.45, 2.75) is 63.1 Å². The fourth-order valence-corrected chi connectivity index (χ4v) is 5.96. The Hall–Kier alpha value is -2.44. The first kappa shape index (κ1) is 23.3. The summed E-state index contributed by atoms with van der Waals surface area (Å²) in [6, 6.07) is 13.0. The molecule has 3 aliphatic heterocycles. The van der Waals surface area contributed by atoms with E-state index in [1.807, 2.05) is 4.90 Å². The van der Waals surface area contributed by atoms with Crippen molar-refractivity contribution in [1.29, 1.82) is 0 Å². The van der Waals surface area contributed by atoms with E-state index >= 15 is 0 Å². The van der Waals surface area contributed by atoms with Crippen molar-refractivity contribution < 1.29 is 23.4 Å². The lowest BCUT2D eigenvalue weighted by Crippen LogP contribution is -2.54. The number of hydrogen-bond acceptors (Lipinski definition) is 4. The highest BCUT2D eigenvalue weighted by atomic mass is 19.1. The fraction of sp³-hybridized carbons (Fsp3) is 0.536. The van der Waals surface area contributed by atoms with E-state index in [2.05, 4.69) is 32.0 Å². The summed E-state index contributed by atoms with van der Waals surface area (Å²) in [6.45, 7) is 7.18. The average molecular weight is 468 g/mol. The summed E-state index contributed by atoms with van der Waals surface area (Å²) in [5, 5.41) is 0. The number of benzene rings is 2. The largest absolute Gasteiger partial charge is 0.485 e. The van der Waals surface area contributed by atoms with Crippen LogP contribution in [-0.4, -0.2) is 55.4 Å². The minimum atomic E-state index is -0.521. The molecule has 0 aliphatic carbocycles. The first-order valence-corrected chi connectivity index (χ1v) is 12.4. The minimum Gasteiger partial charge on any atom is -0.485 e. The van der Waals surface area contributed by atoms with Crippen LogP contribution in [0.25, 0.3) is 0 Å². The third-order valence-electron chi connectivity index (χ3n) is 7.80. The van der Waals surface area contributed by atoms with Crippen molar-refractivity contribution in [2.75, 3.05) is 32.9 Å². The lowest BCUT2D eigenvalue weighted by molar-refractivity contribution is -0.146. The molecule has 1 amide bonds. The normalized spacial score (nSPS) is 23.7. The summed E-state index contributed by atoms with van der Waals surface area (Å²) >= 11 is 0. The van der Waals surface area contributed by atoms with Gasteiger partial charge >= 0.3 is 0 Å². The van der Waals surface area contributed by atoms with Gasteiger partial charge in [-0.15, -0.1) is 0 Å². The number of aryl methyl sites for hydroxylation is 2. The van der Waals surface area contributed by atoms with E-state index in [0.29, 0.717) is 45.8 Å². The molecule has 3 saturated heterocycles. The zero-order valence-corrected chi connectivity index (χ0v) is 20.1. The van der Waals surface area contributed by atoms with Crippen molar-refractivity contribution in [2.24, 2.45) is 0 Å². The number of carbonyl (C=O) groups excluding carboxylic acids is 1. The lowest BCUT2D eigenvalue weighted by atomic mass is 9.71. The van der Waals surface area contributed by atoms with Gasteiger partial charge in [-0.25, -0.2) is 4.39 Å². The third kappa shape index (κ3) is 4.46. The van der Waals surface area contributed by atoms with Crippen LogP contribution in [0.3, 0.4) is 0 Å². The Balaban J connectivity index is 1.27. The molecule has 0 aromatic heterocycles. The number of ether oxygens (including phenoxy) is 3. The smallest absolute Gasteiger partial charge is 0.233 e. The molecule has 3 aliphatic rings. The molecule has 6 heteroatoms. The van der Waals surface area contributed by atoms with Gasteiger partial charge in [-0.2, -0.15) is 0 Å². The van der Waals surface area contributed by atoms with Gasteiger partial charge in [0.25, 0.3) is 0 Å². The van der Waals surface area contributed by atoms with Crippen LogP contribution < -0.4 is 4.74 Å². The van der Waals surface area contributed by atoms with Gasteiger partial charge in [-0.05, 0) is 57.2 Å². The van der Waals surface area contributed by atoms with Gasteiger partial charge in [-0.1, -0.05) is 41.5 Å². The van der Waals surface area contributed by atoms with Crippen molar-refractivity contribution >= 4 is 5.91 Å². The Morgan fingerprint density at radius 3 is 2.38 bits per heavy atom. The molecule has 2 aromatic rings. The minimum absolute atomic E-state index is 0.170. The van der Waals surface area contributed by atoms with Gasteiger partial charge in [0.15, 0.2) is 11.6 Å². The number of para-hydroxylation sites is 1. The van der Waals surface area contributed by atoms with Crippen molar-refractivity contribution in [3.05, 3.63) is 65.0 Å². The number of piperidine rings is 1. The molecule has 182 valence electrons. The second-order valence-electron chi connectivity index (χ2n) is 10.2. The molecule has 0 N–H and O–H groups in total. The third-order valence-corrected chi connectivity index (χ3v) is 7.80. The molecule has 0 bridgehead atoms. The molecule has 3 fully saturated rings. The molecule has 0 saturated carbocycles. The van der Waals surface area contributed by atoms with E-state index in [1.165, 1.54) is 17.2 Å². The summed E-state index contributed by atoms with van der Waals surface area (Å²) in [4.78, 5) is 16.0. The molecule has 0 radical (unpaired) electrons. The first-order chi connectivity index (χ1) is 16.4. The van der Waals surface area contributed by atoms with Gasteiger partial charge in [0.05, 0.1) is 17.6 Å². The molecule has 1 atom stereocenters. The van der Waals surface area contributed by atoms with Gasteiger partial charge in [-0.3, -0.25) is 4.79 Å². The number of amides is 1. The van der Waals surface area contributed by atoms with Crippen LogP contribution in [-0.2, 0) is 19.7 Å². The van der Waals surface area contributed by atoms with Gasteiger partial charge in [0, 0.05) is 32.7 Å². The molecular formula is C28H34FNO4. The standard InChI is InChI=1S/C28H34FNO4/c1-20-15-21(2)17-22(16-20)28(9-13-32-14-10-28)26(31)30-11-7-27(8-12-30)18-23(19-33-27)34-25-6-4-3-5-24(25)29/h3-6,15-17,23H,7-14,18-19H2,1-2H3/t23-/m0/s1. The average Bonchev–Trinajstić information content (AvgIpc) is 3.22. The molecule has 5 nitrogen and oxygen atoms in total. The SMILES string of the molecule is Cc1cc(C)cc(C2(C(=O)N3CCC4(CC3)C[C@H](Oc3ccccc3F)CO4)CCOCC2)c1. The zero-order chi connectivity index (χ0) is 23.8. The van der Waals surface area contributed by atoms with Crippen molar-refractivity contribution in [1.82, 2.24) is 4.90 Å². The summed E-state index contributed by atoms with van der Waals surface area (Å²) in [6.07, 6.45) is 3.53. The number of rotatable bonds is 4. The molecule has 2 aromatic carbocycles. The predicted octanol–water partition coefficient (Wildman–Crippen LogP) is 4.72. The molecule has 34 heavy (non-hydrogen) atoms. The number of hydrogen-bond donors (Lipinski definition) is 0. The van der Waals surface area contributed by atoms with Crippen molar-refractivity contribution in [3.8, 4) is 5.75 Å². The van der Waals surface area contributed by atoms with Crippen LogP contribution >= 0.6 is 0 Å². The number of likely N-dealkylation sites (tertiary alicyclic amines) is 1. The maximum atomic E-state index is 14.0. The predicted molar refractivity (Wildman–Crippen MR) is 128 cm³/mol.